The summed E-state index contributed by atoms with van der Waals surface area (Å²) in [5, 5.41) is 0.816. The number of piperidine rings is 2. The van der Waals surface area contributed by atoms with E-state index in [0.29, 0.717) is 53.1 Å². The van der Waals surface area contributed by atoms with E-state index in [1.165, 1.54) is 26.3 Å². The van der Waals surface area contributed by atoms with Crippen molar-refractivity contribution in [3.63, 3.8) is 0 Å². The molecule has 0 N–H and O–H groups in total. The zero-order valence-corrected chi connectivity index (χ0v) is 32.0. The Morgan fingerprint density at radius 2 is 1.70 bits per heavy atom. The van der Waals surface area contributed by atoms with Crippen LogP contribution in [0.4, 0.5) is 14.4 Å². The summed E-state index contributed by atoms with van der Waals surface area (Å²) in [4.78, 5) is 76.9. The molecule has 6 heterocycles. The van der Waals surface area contributed by atoms with Gasteiger partial charge in [0.25, 0.3) is 5.56 Å². The Kier molecular flexibility index (Phi) is 9.92. The molecule has 1 unspecified atom stereocenters. The SMILES string of the molecule is CCc1c2c(nc3ccc(OC(=O)N4CCC(N5CCCCC5)CC4)cc13)-c1cc3c(c(=O)n1C2)COC(=O)C3(CC)OC(=O)N(C)C(=O)OC(C)(C)C. The van der Waals surface area contributed by atoms with Crippen LogP contribution in [0, 0.1) is 0 Å². The lowest BCUT2D eigenvalue weighted by atomic mass is 9.85. The van der Waals surface area contributed by atoms with Crippen LogP contribution in [-0.4, -0.2) is 93.4 Å². The van der Waals surface area contributed by atoms with Gasteiger partial charge in [0.05, 0.1) is 29.0 Å². The molecule has 14 nitrogen and oxygen atoms in total. The van der Waals surface area contributed by atoms with E-state index >= 15 is 0 Å². The van der Waals surface area contributed by atoms with E-state index in [4.69, 9.17) is 23.9 Å². The summed E-state index contributed by atoms with van der Waals surface area (Å²) in [5.74, 6) is -0.424. The van der Waals surface area contributed by atoms with Crippen molar-refractivity contribution in [2.75, 3.05) is 33.2 Å². The highest BCUT2D eigenvalue weighted by atomic mass is 16.6. The van der Waals surface area contributed by atoms with Crippen molar-refractivity contribution in [2.24, 2.45) is 0 Å². The lowest BCUT2D eigenvalue weighted by Crippen LogP contribution is -2.50. The van der Waals surface area contributed by atoms with Gasteiger partial charge in [0.2, 0.25) is 5.60 Å². The molecule has 4 aliphatic rings. The van der Waals surface area contributed by atoms with Crippen molar-refractivity contribution in [2.45, 2.75) is 110 Å². The first-order chi connectivity index (χ1) is 25.7. The Morgan fingerprint density at radius 1 is 0.981 bits per heavy atom. The second-order valence-electron chi connectivity index (χ2n) is 15.6. The number of carbonyl (C=O) groups is 4. The highest BCUT2D eigenvalue weighted by Crippen LogP contribution is 2.43. The number of hydrogen-bond donors (Lipinski definition) is 0. The van der Waals surface area contributed by atoms with Gasteiger partial charge in [-0.3, -0.25) is 4.79 Å². The van der Waals surface area contributed by atoms with Crippen LogP contribution >= 0.6 is 0 Å². The fraction of sp³-hybridized carbons (Fsp3) is 0.550. The molecular formula is C40H49N5O9. The molecule has 2 fully saturated rings. The number of esters is 1. The minimum atomic E-state index is -2.00. The van der Waals surface area contributed by atoms with E-state index in [2.05, 4.69) is 4.90 Å². The molecule has 54 heavy (non-hydrogen) atoms. The van der Waals surface area contributed by atoms with Gasteiger partial charge in [-0.25, -0.2) is 29.1 Å². The summed E-state index contributed by atoms with van der Waals surface area (Å²) in [6.45, 7) is 12.2. The first-order valence-corrected chi connectivity index (χ1v) is 19.1. The van der Waals surface area contributed by atoms with Gasteiger partial charge in [0, 0.05) is 42.7 Å². The number of likely N-dealkylation sites (tertiary alicyclic amines) is 2. The van der Waals surface area contributed by atoms with Gasteiger partial charge in [0.1, 0.15) is 18.0 Å². The van der Waals surface area contributed by atoms with Gasteiger partial charge in [-0.1, -0.05) is 20.3 Å². The number of benzene rings is 1. The van der Waals surface area contributed by atoms with Crippen molar-refractivity contribution in [3.8, 4) is 17.1 Å². The van der Waals surface area contributed by atoms with Crippen molar-refractivity contribution in [1.82, 2.24) is 24.3 Å². The summed E-state index contributed by atoms with van der Waals surface area (Å²) in [6.07, 6.45) is 3.77. The van der Waals surface area contributed by atoms with Crippen LogP contribution in [0.2, 0.25) is 0 Å². The number of aryl methyl sites for hydroxylation is 1. The predicted octanol–water partition coefficient (Wildman–Crippen LogP) is 6.10. The molecule has 3 amide bonds. The van der Waals surface area contributed by atoms with E-state index in [0.717, 1.165) is 42.4 Å². The van der Waals surface area contributed by atoms with Crippen LogP contribution in [0.15, 0.2) is 29.1 Å². The molecule has 288 valence electrons. The number of fused-ring (bicyclic) bond motifs is 5. The van der Waals surface area contributed by atoms with E-state index in [1.54, 1.807) is 55.4 Å². The highest BCUT2D eigenvalue weighted by molar-refractivity contribution is 5.93. The smallest absolute Gasteiger partial charge is 0.420 e. The van der Waals surface area contributed by atoms with E-state index in [1.807, 2.05) is 13.0 Å². The molecule has 0 bridgehead atoms. The van der Waals surface area contributed by atoms with Crippen molar-refractivity contribution in [3.05, 3.63) is 56.9 Å². The number of nitrogens with zero attached hydrogens (tertiary/aromatic N) is 5. The largest absolute Gasteiger partial charge is 0.457 e. The van der Waals surface area contributed by atoms with Gasteiger partial charge in [-0.15, -0.1) is 0 Å². The summed E-state index contributed by atoms with van der Waals surface area (Å²) in [7, 11) is 1.19. The van der Waals surface area contributed by atoms with E-state index < -0.39 is 34.9 Å². The molecule has 14 heteroatoms. The van der Waals surface area contributed by atoms with E-state index in [-0.39, 0.29) is 36.8 Å². The molecule has 1 atom stereocenters. The number of ether oxygens (including phenoxy) is 4. The Morgan fingerprint density at radius 3 is 2.37 bits per heavy atom. The maximum Gasteiger partial charge on any atom is 0.420 e. The summed E-state index contributed by atoms with van der Waals surface area (Å²) >= 11 is 0. The molecule has 2 saturated heterocycles. The lowest BCUT2D eigenvalue weighted by molar-refractivity contribution is -0.173. The lowest BCUT2D eigenvalue weighted by Gasteiger charge is -2.39. The third-order valence-corrected chi connectivity index (χ3v) is 11.1. The number of carbonyl (C=O) groups excluding carboxylic acids is 4. The molecule has 0 radical (unpaired) electrons. The Hall–Kier alpha value is -4.98. The molecule has 0 spiro atoms. The maximum absolute atomic E-state index is 14.2. The van der Waals surface area contributed by atoms with Crippen LogP contribution in [0.1, 0.15) is 95.4 Å². The molecule has 1 aromatic carbocycles. The van der Waals surface area contributed by atoms with Crippen LogP contribution in [0.25, 0.3) is 22.3 Å². The third kappa shape index (κ3) is 6.69. The number of hydrogen-bond acceptors (Lipinski definition) is 11. The average Bonchev–Trinajstić information content (AvgIpc) is 3.52. The van der Waals surface area contributed by atoms with Crippen molar-refractivity contribution < 1.29 is 38.1 Å². The number of rotatable bonds is 5. The van der Waals surface area contributed by atoms with Crippen molar-refractivity contribution in [1.29, 1.82) is 0 Å². The Bertz CT molecular complexity index is 2070. The van der Waals surface area contributed by atoms with Crippen LogP contribution in [-0.2, 0) is 44.2 Å². The molecule has 0 saturated carbocycles. The van der Waals surface area contributed by atoms with Crippen molar-refractivity contribution >= 4 is 35.2 Å². The highest BCUT2D eigenvalue weighted by Gasteiger charge is 2.51. The number of amides is 3. The van der Waals surface area contributed by atoms with Gasteiger partial charge in [-0.05, 0) is 102 Å². The number of cyclic esters (lactones) is 1. The monoisotopic (exact) mass is 743 g/mol. The molecule has 4 aliphatic heterocycles. The standard InChI is InChI=1S/C40H49N5O9/c1-7-26-27-20-25(52-38(50)44-18-14-24(15-19-44)43-16-10-9-11-17-43)12-13-31(27)41-33-28(26)22-45-32(33)21-30-29(34(45)46)23-51-35(47)40(30,8-2)54-37(49)42(6)36(48)53-39(3,4)5/h12-13,20-21,24H,7-11,14-19,22-23H2,1-6H3. The number of aromatic nitrogens is 2. The minimum absolute atomic E-state index is 0.0637. The van der Waals surface area contributed by atoms with Crippen LogP contribution in [0.5, 0.6) is 5.75 Å². The molecule has 3 aromatic rings. The predicted molar refractivity (Wildman–Crippen MR) is 198 cm³/mol. The zero-order chi connectivity index (χ0) is 38.5. The van der Waals surface area contributed by atoms with Crippen LogP contribution < -0.4 is 10.3 Å². The topological polar surface area (TPSA) is 150 Å². The second kappa shape index (κ2) is 14.3. The molecular weight excluding hydrogens is 694 g/mol. The quantitative estimate of drug-likeness (QED) is 0.172. The fourth-order valence-corrected chi connectivity index (χ4v) is 8.25. The first-order valence-electron chi connectivity index (χ1n) is 19.1. The van der Waals surface area contributed by atoms with E-state index in [9.17, 15) is 24.0 Å². The molecule has 0 aliphatic carbocycles. The Labute approximate surface area is 314 Å². The minimum Gasteiger partial charge on any atom is -0.457 e. The first kappa shape index (κ1) is 37.3. The molecule has 7 rings (SSSR count). The number of imide groups is 1. The summed E-state index contributed by atoms with van der Waals surface area (Å²) in [6, 6.07) is 7.57. The maximum atomic E-state index is 14.2. The number of pyridine rings is 2. The van der Waals surface area contributed by atoms with Gasteiger partial charge in [-0.2, -0.15) is 0 Å². The molecule has 2 aromatic heterocycles. The average molecular weight is 744 g/mol. The van der Waals surface area contributed by atoms with Crippen LogP contribution in [0.3, 0.4) is 0 Å². The van der Waals surface area contributed by atoms with Gasteiger partial charge < -0.3 is 33.3 Å². The fourth-order valence-electron chi connectivity index (χ4n) is 8.25. The summed E-state index contributed by atoms with van der Waals surface area (Å²) < 4.78 is 24.1. The summed E-state index contributed by atoms with van der Waals surface area (Å²) in [5.41, 5.74) is 0.585. The zero-order valence-electron chi connectivity index (χ0n) is 32.0. The Balaban J connectivity index is 1.17. The van der Waals surface area contributed by atoms with Gasteiger partial charge in [0.15, 0.2) is 0 Å². The second-order valence-corrected chi connectivity index (χ2v) is 15.6. The van der Waals surface area contributed by atoms with Gasteiger partial charge >= 0.3 is 24.2 Å². The third-order valence-electron chi connectivity index (χ3n) is 11.1. The normalized spacial score (nSPS) is 20.1.